The molecule has 0 radical (unpaired) electrons. The normalized spacial score (nSPS) is 12.5. The van der Waals surface area contributed by atoms with Crippen molar-refractivity contribution in [3.63, 3.8) is 0 Å². The van der Waals surface area contributed by atoms with E-state index < -0.39 is 32.0 Å². The van der Waals surface area contributed by atoms with Gasteiger partial charge in [0.25, 0.3) is 0 Å². The summed E-state index contributed by atoms with van der Waals surface area (Å²) in [6.07, 6.45) is 0. The Morgan fingerprint density at radius 3 is 2.32 bits per heavy atom. The molecule has 1 rings (SSSR count). The van der Waals surface area contributed by atoms with Gasteiger partial charge in [0, 0.05) is 0 Å². The van der Waals surface area contributed by atoms with E-state index in [1.165, 1.54) is 32.0 Å². The van der Waals surface area contributed by atoms with Crippen molar-refractivity contribution in [1.29, 1.82) is 0 Å². The van der Waals surface area contributed by atoms with Crippen LogP contribution in [-0.4, -0.2) is 30.8 Å². The Bertz CT molecular complexity index is 584. The summed E-state index contributed by atoms with van der Waals surface area (Å²) in [5, 5.41) is 11.4. The van der Waals surface area contributed by atoms with Crippen molar-refractivity contribution in [2.24, 2.45) is 0 Å². The second-order valence-electron chi connectivity index (χ2n) is 4.36. The molecule has 5 nitrogen and oxygen atoms in total. The molecule has 2 N–H and O–H groups in total. The molecule has 1 aromatic rings. The van der Waals surface area contributed by atoms with Gasteiger partial charge in [-0.25, -0.2) is 13.2 Å². The van der Waals surface area contributed by atoms with E-state index in [0.29, 0.717) is 0 Å². The highest BCUT2D eigenvalue weighted by atomic mass is 32.2. The number of hydrogen-bond acceptors (Lipinski definition) is 4. The highest BCUT2D eigenvalue weighted by Gasteiger charge is 2.32. The fourth-order valence-corrected chi connectivity index (χ4v) is 2.19. The summed E-state index contributed by atoms with van der Waals surface area (Å²) < 4.78 is 48.0. The minimum atomic E-state index is -4.79. The number of aliphatic carboxylic acids is 1. The van der Waals surface area contributed by atoms with Gasteiger partial charge in [-0.3, -0.25) is 0 Å². The molecule has 0 aliphatic carbocycles. The van der Waals surface area contributed by atoms with Crippen LogP contribution in [0.25, 0.3) is 0 Å². The number of rotatable bonds is 5. The first-order valence-corrected chi connectivity index (χ1v) is 6.76. The Balaban J connectivity index is 3.29. The van der Waals surface area contributed by atoms with Crippen molar-refractivity contribution in [2.75, 3.05) is 5.32 Å². The molecule has 0 aliphatic rings. The zero-order valence-corrected chi connectivity index (χ0v) is 11.0. The van der Waals surface area contributed by atoms with Gasteiger partial charge in [0.1, 0.15) is 5.54 Å². The number of carboxylic acid groups (broad SMARTS) is 1. The van der Waals surface area contributed by atoms with Crippen LogP contribution in [0, 0.1) is 0 Å². The molecular formula is C11H13F2NO4S. The summed E-state index contributed by atoms with van der Waals surface area (Å²) in [6.45, 7) is 2.59. The van der Waals surface area contributed by atoms with Crippen LogP contribution < -0.4 is 5.32 Å². The van der Waals surface area contributed by atoms with Crippen LogP contribution in [0.2, 0.25) is 0 Å². The summed E-state index contributed by atoms with van der Waals surface area (Å²) in [5.41, 5.74) is -1.66. The van der Waals surface area contributed by atoms with E-state index in [0.717, 1.165) is 6.07 Å². The van der Waals surface area contributed by atoms with Crippen molar-refractivity contribution in [1.82, 2.24) is 0 Å². The Kier molecular flexibility index (Phi) is 4.14. The van der Waals surface area contributed by atoms with Crippen molar-refractivity contribution in [3.8, 4) is 0 Å². The summed E-state index contributed by atoms with van der Waals surface area (Å²) in [5.74, 6) is -4.81. The zero-order chi connectivity index (χ0) is 14.8. The molecule has 8 heteroatoms. The fourth-order valence-electron chi connectivity index (χ4n) is 1.30. The maximum atomic E-state index is 12.5. The molecule has 0 amide bonds. The quantitative estimate of drug-likeness (QED) is 0.867. The van der Waals surface area contributed by atoms with Crippen LogP contribution in [0.4, 0.5) is 14.5 Å². The van der Waals surface area contributed by atoms with Crippen molar-refractivity contribution < 1.29 is 27.1 Å². The van der Waals surface area contributed by atoms with Gasteiger partial charge in [0.05, 0.1) is 10.6 Å². The third kappa shape index (κ3) is 3.19. The summed E-state index contributed by atoms with van der Waals surface area (Å²) >= 11 is 0. The van der Waals surface area contributed by atoms with Crippen LogP contribution >= 0.6 is 0 Å². The molecule has 0 heterocycles. The predicted octanol–water partition coefficient (Wildman–Crippen LogP) is 1.96. The third-order valence-corrected chi connectivity index (χ3v) is 3.85. The number of carbonyl (C=O) groups is 1. The number of carboxylic acids is 1. The van der Waals surface area contributed by atoms with E-state index in [2.05, 4.69) is 5.32 Å². The smallest absolute Gasteiger partial charge is 0.341 e. The lowest BCUT2D eigenvalue weighted by Crippen LogP contribution is -2.40. The highest BCUT2D eigenvalue weighted by Crippen LogP contribution is 2.28. The fraction of sp³-hybridized carbons (Fsp3) is 0.364. The Hall–Kier alpha value is -1.70. The SMILES string of the molecule is CC(C)(Nc1ccccc1S(=O)(=O)C(F)F)C(=O)O. The van der Waals surface area contributed by atoms with Gasteiger partial charge in [-0.15, -0.1) is 0 Å². The average Bonchev–Trinajstić information content (AvgIpc) is 2.28. The van der Waals surface area contributed by atoms with Crippen LogP contribution in [0.5, 0.6) is 0 Å². The third-order valence-electron chi connectivity index (χ3n) is 2.41. The molecule has 0 unspecified atom stereocenters. The van der Waals surface area contributed by atoms with Crippen molar-refractivity contribution in [2.45, 2.75) is 30.0 Å². The number of halogens is 2. The van der Waals surface area contributed by atoms with Crippen molar-refractivity contribution >= 4 is 21.5 Å². The average molecular weight is 293 g/mol. The molecule has 0 fully saturated rings. The van der Waals surface area contributed by atoms with Gasteiger partial charge in [-0.2, -0.15) is 8.78 Å². The Labute approximate surface area is 109 Å². The standard InChI is InChI=1S/C11H13F2NO4S/c1-11(2,9(15)16)14-7-5-3-4-6-8(7)19(17,18)10(12)13/h3-6,10,14H,1-2H3,(H,15,16). The molecule has 19 heavy (non-hydrogen) atoms. The Morgan fingerprint density at radius 1 is 1.32 bits per heavy atom. The highest BCUT2D eigenvalue weighted by molar-refractivity contribution is 7.91. The molecule has 0 aromatic heterocycles. The van der Waals surface area contributed by atoms with E-state index in [9.17, 15) is 22.0 Å². The van der Waals surface area contributed by atoms with E-state index in [1.54, 1.807) is 0 Å². The maximum absolute atomic E-state index is 12.5. The van der Waals surface area contributed by atoms with Crippen LogP contribution in [0.15, 0.2) is 29.2 Å². The zero-order valence-electron chi connectivity index (χ0n) is 10.2. The van der Waals surface area contributed by atoms with Crippen molar-refractivity contribution in [3.05, 3.63) is 24.3 Å². The number of alkyl halides is 2. The first-order chi connectivity index (χ1) is 8.59. The van der Waals surface area contributed by atoms with Crippen LogP contribution in [0.1, 0.15) is 13.8 Å². The topological polar surface area (TPSA) is 83.5 Å². The summed E-state index contributed by atoms with van der Waals surface area (Å²) in [4.78, 5) is 10.3. The van der Waals surface area contributed by atoms with Gasteiger partial charge in [0.15, 0.2) is 0 Å². The summed E-state index contributed by atoms with van der Waals surface area (Å²) in [6, 6.07) is 4.95. The minimum absolute atomic E-state index is 0.171. The number of hydrogen-bond donors (Lipinski definition) is 2. The number of para-hydroxylation sites is 1. The van der Waals surface area contributed by atoms with Gasteiger partial charge in [0.2, 0.25) is 9.84 Å². The minimum Gasteiger partial charge on any atom is -0.480 e. The first kappa shape index (κ1) is 15.4. The lowest BCUT2D eigenvalue weighted by Gasteiger charge is -2.24. The number of benzene rings is 1. The lowest BCUT2D eigenvalue weighted by molar-refractivity contribution is -0.141. The molecule has 0 bridgehead atoms. The molecule has 1 aromatic carbocycles. The van der Waals surface area contributed by atoms with E-state index >= 15 is 0 Å². The second kappa shape index (κ2) is 5.12. The lowest BCUT2D eigenvalue weighted by atomic mass is 10.1. The van der Waals surface area contributed by atoms with E-state index in [1.807, 2.05) is 0 Å². The molecular weight excluding hydrogens is 280 g/mol. The number of anilines is 1. The number of nitrogens with one attached hydrogen (secondary N) is 1. The molecule has 0 aliphatic heterocycles. The van der Waals surface area contributed by atoms with Gasteiger partial charge in [-0.1, -0.05) is 12.1 Å². The first-order valence-electron chi connectivity index (χ1n) is 5.21. The monoisotopic (exact) mass is 293 g/mol. The molecule has 106 valence electrons. The molecule has 0 saturated heterocycles. The van der Waals surface area contributed by atoms with Crippen LogP contribution in [-0.2, 0) is 14.6 Å². The molecule has 0 spiro atoms. The maximum Gasteiger partial charge on any atom is 0.341 e. The van der Waals surface area contributed by atoms with Gasteiger partial charge in [-0.05, 0) is 26.0 Å². The Morgan fingerprint density at radius 2 is 1.84 bits per heavy atom. The van der Waals surface area contributed by atoms with Gasteiger partial charge < -0.3 is 10.4 Å². The van der Waals surface area contributed by atoms with E-state index in [-0.39, 0.29) is 5.69 Å². The van der Waals surface area contributed by atoms with Gasteiger partial charge >= 0.3 is 11.7 Å². The second-order valence-corrected chi connectivity index (χ2v) is 6.24. The largest absolute Gasteiger partial charge is 0.480 e. The molecule has 0 saturated carbocycles. The van der Waals surface area contributed by atoms with Crippen LogP contribution in [0.3, 0.4) is 0 Å². The predicted molar refractivity (Wildman–Crippen MR) is 65.0 cm³/mol. The summed E-state index contributed by atoms with van der Waals surface area (Å²) in [7, 11) is -4.79. The molecule has 0 atom stereocenters. The van der Waals surface area contributed by atoms with E-state index in [4.69, 9.17) is 5.11 Å². The number of sulfone groups is 1.